The standard InChI is InChI=1S/C22H32F2N4O4/c1-16(29)26-18-3-4-19(32-2)17(11-18)12-25-20(30)13-28-8-5-21(31,15-28)14-27-9-6-22(23,24)7-10-27/h3-4,11,31H,5-10,12-15H2,1-2H3,(H,25,30)(H,26,29). The molecule has 0 bridgehead atoms. The highest BCUT2D eigenvalue weighted by atomic mass is 19.3. The molecule has 3 rings (SSSR count). The molecule has 3 N–H and O–H groups in total. The van der Waals surface area contributed by atoms with E-state index in [1.165, 1.54) is 14.0 Å². The van der Waals surface area contributed by atoms with E-state index in [4.69, 9.17) is 4.74 Å². The van der Waals surface area contributed by atoms with Gasteiger partial charge in [0.2, 0.25) is 11.8 Å². The number of carbonyl (C=O) groups is 2. The second-order valence-electron chi connectivity index (χ2n) is 8.80. The zero-order valence-corrected chi connectivity index (χ0v) is 18.6. The lowest BCUT2D eigenvalue weighted by atomic mass is 10.00. The van der Waals surface area contributed by atoms with Crippen molar-refractivity contribution in [2.45, 2.75) is 44.3 Å². The zero-order chi connectivity index (χ0) is 23.4. The molecule has 10 heteroatoms. The lowest BCUT2D eigenvalue weighted by Gasteiger charge is -2.36. The van der Waals surface area contributed by atoms with E-state index in [9.17, 15) is 23.5 Å². The van der Waals surface area contributed by atoms with Gasteiger partial charge in [0.15, 0.2) is 0 Å². The molecule has 0 aliphatic carbocycles. The minimum Gasteiger partial charge on any atom is -0.496 e. The summed E-state index contributed by atoms with van der Waals surface area (Å²) in [7, 11) is 1.53. The molecule has 1 aromatic carbocycles. The highest BCUT2D eigenvalue weighted by Gasteiger charge is 2.41. The van der Waals surface area contributed by atoms with Crippen LogP contribution in [0.4, 0.5) is 14.5 Å². The van der Waals surface area contributed by atoms with Crippen molar-refractivity contribution in [2.24, 2.45) is 0 Å². The molecule has 2 saturated heterocycles. The Kier molecular flexibility index (Phi) is 7.68. The fourth-order valence-corrected chi connectivity index (χ4v) is 4.31. The number of carbonyl (C=O) groups excluding carboxylic acids is 2. The average Bonchev–Trinajstić information content (AvgIpc) is 3.08. The van der Waals surface area contributed by atoms with Crippen molar-refractivity contribution >= 4 is 17.5 Å². The SMILES string of the molecule is COc1ccc(NC(C)=O)cc1CNC(=O)CN1CCC(O)(CN2CCC(F)(F)CC2)C1. The van der Waals surface area contributed by atoms with Crippen LogP contribution in [0.15, 0.2) is 18.2 Å². The Morgan fingerprint density at radius 3 is 2.50 bits per heavy atom. The molecule has 0 spiro atoms. The second-order valence-corrected chi connectivity index (χ2v) is 8.80. The zero-order valence-electron chi connectivity index (χ0n) is 18.6. The first-order chi connectivity index (χ1) is 15.1. The molecule has 1 aromatic rings. The third-order valence-corrected chi connectivity index (χ3v) is 5.96. The smallest absolute Gasteiger partial charge is 0.250 e. The van der Waals surface area contributed by atoms with Crippen LogP contribution in [0.3, 0.4) is 0 Å². The van der Waals surface area contributed by atoms with Crippen LogP contribution in [0.1, 0.15) is 31.7 Å². The number of methoxy groups -OCH3 is 1. The number of halogens is 2. The number of aliphatic hydroxyl groups is 1. The van der Waals surface area contributed by atoms with Crippen LogP contribution in [0.25, 0.3) is 0 Å². The molecule has 2 aliphatic rings. The monoisotopic (exact) mass is 454 g/mol. The number of nitrogens with one attached hydrogen (secondary N) is 2. The summed E-state index contributed by atoms with van der Waals surface area (Å²) in [6.45, 7) is 3.57. The lowest BCUT2D eigenvalue weighted by Crippen LogP contribution is -2.49. The third-order valence-electron chi connectivity index (χ3n) is 5.96. The maximum atomic E-state index is 13.3. The summed E-state index contributed by atoms with van der Waals surface area (Å²) in [5.41, 5.74) is 0.345. The molecule has 1 atom stereocenters. The Morgan fingerprint density at radius 1 is 1.16 bits per heavy atom. The first kappa shape index (κ1) is 24.3. The van der Waals surface area contributed by atoms with Gasteiger partial charge >= 0.3 is 0 Å². The molecule has 0 saturated carbocycles. The van der Waals surface area contributed by atoms with E-state index in [1.54, 1.807) is 18.2 Å². The number of nitrogens with zero attached hydrogens (tertiary/aromatic N) is 2. The summed E-state index contributed by atoms with van der Waals surface area (Å²) in [6, 6.07) is 5.20. The van der Waals surface area contributed by atoms with Gasteiger partial charge in [0.1, 0.15) is 5.75 Å². The van der Waals surface area contributed by atoms with Gasteiger partial charge in [-0.05, 0) is 24.6 Å². The molecule has 178 valence electrons. The molecular weight excluding hydrogens is 422 g/mol. The molecule has 2 amide bonds. The van der Waals surface area contributed by atoms with Crippen molar-refractivity contribution in [3.8, 4) is 5.75 Å². The number of β-amino-alcohol motifs (C(OH)–C–C–N with tert-alkyl or cyclic N) is 1. The normalized spacial score (nSPS) is 23.7. The van der Waals surface area contributed by atoms with Crippen LogP contribution in [0.2, 0.25) is 0 Å². The van der Waals surface area contributed by atoms with Crippen LogP contribution in [0.5, 0.6) is 5.75 Å². The number of ether oxygens (including phenoxy) is 1. The van der Waals surface area contributed by atoms with Gasteiger partial charge < -0.3 is 20.5 Å². The summed E-state index contributed by atoms with van der Waals surface area (Å²) >= 11 is 0. The van der Waals surface area contributed by atoms with Crippen molar-refractivity contribution in [1.82, 2.24) is 15.1 Å². The number of likely N-dealkylation sites (tertiary alicyclic amines) is 2. The van der Waals surface area contributed by atoms with Crippen molar-refractivity contribution in [1.29, 1.82) is 0 Å². The number of alkyl halides is 2. The number of amides is 2. The van der Waals surface area contributed by atoms with Gasteiger partial charge in [0.05, 0.1) is 19.3 Å². The van der Waals surface area contributed by atoms with Crippen LogP contribution in [-0.4, -0.2) is 84.6 Å². The topological polar surface area (TPSA) is 94.1 Å². The number of piperidine rings is 1. The van der Waals surface area contributed by atoms with E-state index >= 15 is 0 Å². The summed E-state index contributed by atoms with van der Waals surface area (Å²) in [4.78, 5) is 27.5. The van der Waals surface area contributed by atoms with Gasteiger partial charge in [-0.3, -0.25) is 19.4 Å². The first-order valence-corrected chi connectivity index (χ1v) is 10.8. The Bertz CT molecular complexity index is 828. The highest BCUT2D eigenvalue weighted by Crippen LogP contribution is 2.30. The Balaban J connectivity index is 1.47. The molecular formula is C22H32F2N4O4. The summed E-state index contributed by atoms with van der Waals surface area (Å²) in [5.74, 6) is -2.39. The van der Waals surface area contributed by atoms with E-state index < -0.39 is 11.5 Å². The quantitative estimate of drug-likeness (QED) is 0.550. The van der Waals surface area contributed by atoms with E-state index in [0.717, 1.165) is 5.56 Å². The number of hydrogen-bond acceptors (Lipinski definition) is 6. The Hall–Kier alpha value is -2.30. The second kappa shape index (κ2) is 10.1. The Morgan fingerprint density at radius 2 is 1.84 bits per heavy atom. The molecule has 2 aliphatic heterocycles. The van der Waals surface area contributed by atoms with E-state index in [0.29, 0.717) is 37.5 Å². The average molecular weight is 455 g/mol. The fourth-order valence-electron chi connectivity index (χ4n) is 4.31. The van der Waals surface area contributed by atoms with Crippen molar-refractivity contribution < 1.29 is 28.2 Å². The molecule has 0 radical (unpaired) electrons. The summed E-state index contributed by atoms with van der Waals surface area (Å²) in [6.07, 6.45) is 0.142. The van der Waals surface area contributed by atoms with Gasteiger partial charge in [0.25, 0.3) is 5.92 Å². The molecule has 32 heavy (non-hydrogen) atoms. The maximum Gasteiger partial charge on any atom is 0.250 e. The molecule has 0 aromatic heterocycles. The number of hydrogen-bond donors (Lipinski definition) is 3. The van der Waals surface area contributed by atoms with Gasteiger partial charge in [-0.2, -0.15) is 0 Å². The molecule has 2 heterocycles. The van der Waals surface area contributed by atoms with E-state index in [1.807, 2.05) is 9.80 Å². The minimum absolute atomic E-state index is 0.133. The molecule has 8 nitrogen and oxygen atoms in total. The van der Waals surface area contributed by atoms with Crippen LogP contribution >= 0.6 is 0 Å². The van der Waals surface area contributed by atoms with Crippen molar-refractivity contribution in [3.05, 3.63) is 23.8 Å². The van der Waals surface area contributed by atoms with Gasteiger partial charge in [-0.1, -0.05) is 0 Å². The third kappa shape index (κ3) is 6.85. The van der Waals surface area contributed by atoms with Crippen LogP contribution in [-0.2, 0) is 16.1 Å². The Labute approximate surface area is 186 Å². The number of benzene rings is 1. The van der Waals surface area contributed by atoms with Crippen molar-refractivity contribution in [3.63, 3.8) is 0 Å². The molecule has 2 fully saturated rings. The molecule has 1 unspecified atom stereocenters. The highest BCUT2D eigenvalue weighted by molar-refractivity contribution is 5.88. The van der Waals surface area contributed by atoms with Crippen molar-refractivity contribution in [2.75, 3.05) is 51.7 Å². The van der Waals surface area contributed by atoms with Gasteiger partial charge in [-0.15, -0.1) is 0 Å². The number of rotatable bonds is 8. The van der Waals surface area contributed by atoms with Crippen LogP contribution in [0, 0.1) is 0 Å². The maximum absolute atomic E-state index is 13.3. The summed E-state index contributed by atoms with van der Waals surface area (Å²) in [5, 5.41) is 16.4. The predicted molar refractivity (Wildman–Crippen MR) is 116 cm³/mol. The van der Waals surface area contributed by atoms with Crippen LogP contribution < -0.4 is 15.4 Å². The number of anilines is 1. The fraction of sp³-hybridized carbons (Fsp3) is 0.636. The van der Waals surface area contributed by atoms with Gasteiger partial charge in [0, 0.05) is 70.3 Å². The van der Waals surface area contributed by atoms with E-state index in [2.05, 4.69) is 10.6 Å². The first-order valence-electron chi connectivity index (χ1n) is 10.8. The van der Waals surface area contributed by atoms with E-state index in [-0.39, 0.29) is 50.8 Å². The minimum atomic E-state index is -2.61. The summed E-state index contributed by atoms with van der Waals surface area (Å²) < 4.78 is 32.0. The lowest BCUT2D eigenvalue weighted by molar-refractivity contribution is -0.122. The van der Waals surface area contributed by atoms with Gasteiger partial charge in [-0.25, -0.2) is 8.78 Å². The predicted octanol–water partition coefficient (Wildman–Crippen LogP) is 1.44. The largest absolute Gasteiger partial charge is 0.496 e.